The first-order valence-corrected chi connectivity index (χ1v) is 14.2. The molecule has 1 atom stereocenters. The third kappa shape index (κ3) is 9.09. The first-order chi connectivity index (χ1) is 21.0. The molecule has 1 heterocycles. The summed E-state index contributed by atoms with van der Waals surface area (Å²) in [5, 5.41) is 12.4. The van der Waals surface area contributed by atoms with Crippen molar-refractivity contribution in [1.82, 2.24) is 0 Å². The minimum absolute atomic E-state index is 0.0605. The number of anilines is 2. The van der Waals surface area contributed by atoms with E-state index in [1.54, 1.807) is 36.4 Å². The number of carbonyl (C=O) groups excluding carboxylic acids is 1. The maximum atomic E-state index is 14.2. The number of benzene rings is 3. The lowest BCUT2D eigenvalue weighted by Crippen LogP contribution is -2.37. The van der Waals surface area contributed by atoms with Gasteiger partial charge in [0.1, 0.15) is 29.0 Å². The monoisotopic (exact) mass is 638 g/mol. The fourth-order valence-corrected chi connectivity index (χ4v) is 4.74. The van der Waals surface area contributed by atoms with Gasteiger partial charge in [0, 0.05) is 53.5 Å². The van der Waals surface area contributed by atoms with Crippen LogP contribution in [-0.4, -0.2) is 50.7 Å². The number of carboxylic acid groups (broad SMARTS) is 1. The molecule has 44 heavy (non-hydrogen) atoms. The molecule has 1 aliphatic rings. The minimum Gasteiger partial charge on any atom is -0.497 e. The van der Waals surface area contributed by atoms with Gasteiger partial charge in [0.05, 0.1) is 26.5 Å². The van der Waals surface area contributed by atoms with E-state index in [4.69, 9.17) is 30.9 Å². The Labute approximate surface area is 258 Å². The van der Waals surface area contributed by atoms with Gasteiger partial charge in [-0.1, -0.05) is 37.6 Å². The van der Waals surface area contributed by atoms with Gasteiger partial charge in [-0.25, -0.2) is 0 Å². The van der Waals surface area contributed by atoms with E-state index in [1.165, 1.54) is 37.3 Å². The van der Waals surface area contributed by atoms with Gasteiger partial charge in [-0.2, -0.15) is 0 Å². The van der Waals surface area contributed by atoms with E-state index in [9.17, 15) is 22.8 Å². The number of ether oxygens (including phenoxy) is 4. The van der Waals surface area contributed by atoms with Crippen molar-refractivity contribution < 1.29 is 46.8 Å². The number of hydrogen-bond donors (Lipinski definition) is 2. The van der Waals surface area contributed by atoms with E-state index in [-0.39, 0.29) is 26.0 Å². The van der Waals surface area contributed by atoms with Gasteiger partial charge in [0.25, 0.3) is 5.91 Å². The number of carbonyl (C=O) groups is 2. The second kappa shape index (κ2) is 15.4. The standard InChI is InChI=1S/C29H28ClF3N2O7.C2H6/c1-39-21-13-19(14-22(15-21)41-11-3-4-26(36)37)34-27(23-8-6-18(30)12-25(23)40-2)28(38)35-10-9-17-5-7-20(16-24(17)35)42-29(31,32)33;1-2/h5-8,12-16,27,34H,3-4,9-11H2,1-2H3,(H,36,37);1-2H3. The number of amides is 1. The second-order valence-electron chi connectivity index (χ2n) is 9.28. The number of nitrogens with one attached hydrogen (secondary N) is 1. The average Bonchev–Trinajstić information content (AvgIpc) is 3.41. The summed E-state index contributed by atoms with van der Waals surface area (Å²) in [7, 11) is 2.89. The van der Waals surface area contributed by atoms with Crippen LogP contribution in [0.4, 0.5) is 24.5 Å². The Hall–Kier alpha value is -4.32. The van der Waals surface area contributed by atoms with Crippen LogP contribution in [0.1, 0.15) is 43.9 Å². The largest absolute Gasteiger partial charge is 0.573 e. The molecule has 4 rings (SSSR count). The van der Waals surface area contributed by atoms with Crippen molar-refractivity contribution >= 4 is 34.9 Å². The third-order valence-corrected chi connectivity index (χ3v) is 6.67. The van der Waals surface area contributed by atoms with Crippen LogP contribution < -0.4 is 29.2 Å². The normalized spacial score (nSPS) is 12.8. The van der Waals surface area contributed by atoms with Gasteiger partial charge in [-0.15, -0.1) is 13.2 Å². The van der Waals surface area contributed by atoms with Crippen molar-refractivity contribution in [2.45, 2.75) is 45.5 Å². The quantitative estimate of drug-likeness (QED) is 0.200. The van der Waals surface area contributed by atoms with Crippen LogP contribution in [0.3, 0.4) is 0 Å². The first-order valence-electron chi connectivity index (χ1n) is 13.8. The number of carboxylic acids is 1. The smallest absolute Gasteiger partial charge is 0.497 e. The molecule has 1 unspecified atom stereocenters. The summed E-state index contributed by atoms with van der Waals surface area (Å²) in [6.07, 6.45) is -4.23. The van der Waals surface area contributed by atoms with Gasteiger partial charge < -0.3 is 34.3 Å². The molecule has 0 aliphatic carbocycles. The molecule has 3 aromatic carbocycles. The second-order valence-corrected chi connectivity index (χ2v) is 9.72. The summed E-state index contributed by atoms with van der Waals surface area (Å²) in [6, 6.07) is 12.5. The highest BCUT2D eigenvalue weighted by molar-refractivity contribution is 6.30. The number of alkyl halides is 3. The van der Waals surface area contributed by atoms with Crippen LogP contribution in [0, 0.1) is 0 Å². The summed E-state index contributed by atoms with van der Waals surface area (Å²) in [5.74, 6) is -0.752. The van der Waals surface area contributed by atoms with Gasteiger partial charge in [0.2, 0.25) is 0 Å². The van der Waals surface area contributed by atoms with Crippen LogP contribution >= 0.6 is 11.6 Å². The summed E-state index contributed by atoms with van der Waals surface area (Å²) in [4.78, 5) is 26.4. The molecule has 13 heteroatoms. The van der Waals surface area contributed by atoms with Crippen LogP contribution in [0.25, 0.3) is 0 Å². The van der Waals surface area contributed by atoms with Crippen molar-refractivity contribution in [2.75, 3.05) is 37.6 Å². The SMILES string of the molecule is CC.COc1cc(NC(C(=O)N2CCc3ccc(OC(F)(F)F)cc32)c2ccc(Cl)cc2OC)cc(OCCCC(=O)O)c1. The molecule has 0 spiro atoms. The summed E-state index contributed by atoms with van der Waals surface area (Å²) in [5.41, 5.74) is 1.84. The van der Waals surface area contributed by atoms with Gasteiger partial charge in [0.15, 0.2) is 0 Å². The lowest BCUT2D eigenvalue weighted by molar-refractivity contribution is -0.274. The molecule has 2 N–H and O–H groups in total. The van der Waals surface area contributed by atoms with Crippen molar-refractivity contribution in [3.05, 3.63) is 70.7 Å². The lowest BCUT2D eigenvalue weighted by atomic mass is 10.0. The molecular formula is C31H34ClF3N2O7. The van der Waals surface area contributed by atoms with Gasteiger partial charge in [-0.05, 0) is 36.6 Å². The molecule has 238 valence electrons. The predicted octanol–water partition coefficient (Wildman–Crippen LogP) is 7.27. The van der Waals surface area contributed by atoms with Crippen molar-refractivity contribution in [3.8, 4) is 23.0 Å². The van der Waals surface area contributed by atoms with E-state index in [0.29, 0.717) is 51.2 Å². The van der Waals surface area contributed by atoms with E-state index in [2.05, 4.69) is 10.1 Å². The maximum absolute atomic E-state index is 14.2. The fraction of sp³-hybridized carbons (Fsp3) is 0.355. The number of fused-ring (bicyclic) bond motifs is 1. The van der Waals surface area contributed by atoms with Crippen molar-refractivity contribution in [1.29, 1.82) is 0 Å². The summed E-state index contributed by atoms with van der Waals surface area (Å²) < 4.78 is 59.4. The molecule has 0 saturated carbocycles. The number of nitrogens with zero attached hydrogens (tertiary/aromatic N) is 1. The summed E-state index contributed by atoms with van der Waals surface area (Å²) >= 11 is 6.17. The zero-order chi connectivity index (χ0) is 32.4. The summed E-state index contributed by atoms with van der Waals surface area (Å²) in [6.45, 7) is 4.37. The highest BCUT2D eigenvalue weighted by atomic mass is 35.5. The molecule has 1 aliphatic heterocycles. The molecule has 3 aromatic rings. The van der Waals surface area contributed by atoms with E-state index >= 15 is 0 Å². The fourth-order valence-electron chi connectivity index (χ4n) is 4.57. The maximum Gasteiger partial charge on any atom is 0.573 e. The highest BCUT2D eigenvalue weighted by Gasteiger charge is 2.35. The number of aliphatic carboxylic acids is 1. The van der Waals surface area contributed by atoms with Crippen LogP contribution in [0.2, 0.25) is 5.02 Å². The molecule has 0 fully saturated rings. The molecule has 0 radical (unpaired) electrons. The average molecular weight is 639 g/mol. The zero-order valence-corrected chi connectivity index (χ0v) is 25.4. The van der Waals surface area contributed by atoms with Gasteiger partial charge in [-0.3, -0.25) is 9.59 Å². The lowest BCUT2D eigenvalue weighted by Gasteiger charge is -2.27. The van der Waals surface area contributed by atoms with Crippen LogP contribution in [0.15, 0.2) is 54.6 Å². The minimum atomic E-state index is -4.89. The Kier molecular flexibility index (Phi) is 12.0. The topological polar surface area (TPSA) is 107 Å². The first kappa shape index (κ1) is 34.2. The van der Waals surface area contributed by atoms with Crippen LogP contribution in [0.5, 0.6) is 23.0 Å². The van der Waals surface area contributed by atoms with Gasteiger partial charge >= 0.3 is 12.3 Å². The van der Waals surface area contributed by atoms with E-state index in [1.807, 2.05) is 13.8 Å². The Morgan fingerprint density at radius 3 is 2.39 bits per heavy atom. The Bertz CT molecular complexity index is 1450. The number of methoxy groups -OCH3 is 2. The predicted molar refractivity (Wildman–Crippen MR) is 160 cm³/mol. The Morgan fingerprint density at radius 1 is 1.00 bits per heavy atom. The van der Waals surface area contributed by atoms with E-state index in [0.717, 1.165) is 0 Å². The Morgan fingerprint density at radius 2 is 1.73 bits per heavy atom. The van der Waals surface area contributed by atoms with E-state index < -0.39 is 30.0 Å². The number of rotatable bonds is 12. The molecule has 0 saturated heterocycles. The highest BCUT2D eigenvalue weighted by Crippen LogP contribution is 2.39. The number of halogens is 4. The Balaban J connectivity index is 0.00000259. The third-order valence-electron chi connectivity index (χ3n) is 6.44. The molecule has 9 nitrogen and oxygen atoms in total. The molecule has 1 amide bonds. The van der Waals surface area contributed by atoms with Crippen LogP contribution in [-0.2, 0) is 16.0 Å². The number of hydrogen-bond acceptors (Lipinski definition) is 7. The van der Waals surface area contributed by atoms with Crippen molar-refractivity contribution in [2.24, 2.45) is 0 Å². The zero-order valence-electron chi connectivity index (χ0n) is 24.7. The molecule has 0 bridgehead atoms. The molecule has 0 aromatic heterocycles. The molecular weight excluding hydrogens is 605 g/mol. The van der Waals surface area contributed by atoms with Crippen molar-refractivity contribution in [3.63, 3.8) is 0 Å².